The van der Waals surface area contributed by atoms with Crippen molar-refractivity contribution in [2.24, 2.45) is 28.6 Å². The number of halogens is 6. The smallest absolute Gasteiger partial charge is 0.375 e. The van der Waals surface area contributed by atoms with E-state index in [2.05, 4.69) is 4.98 Å². The van der Waals surface area contributed by atoms with Crippen molar-refractivity contribution < 1.29 is 43.7 Å². The molecular formula is C45H45Cl6N3O10. The number of aliphatic hydroxyl groups is 1. The normalized spacial score (nSPS) is 29.3. The van der Waals surface area contributed by atoms with Crippen LogP contribution in [0, 0.1) is 38.7 Å². The minimum absolute atomic E-state index is 0.00557. The lowest BCUT2D eigenvalue weighted by Crippen LogP contribution is -2.69. The SMILES string of the molecule is C[C@@H]1C[C@H]2[C@@H]3CCC4=CC(=O)C=C[C@]4(C)[C@@]3(Cl)[C@@H](O)C[C@]2(C)[C@@]1(OC(=O)c1ccco1)C(=O)CCl.Clc1ccc(COC(Cn2ccnc2)c2ccc(Cl)cc2Cl)c(Cl)c1.O=[N+]([O-])O. The summed E-state index contributed by atoms with van der Waals surface area (Å²) in [5, 5.41) is 27.7. The summed E-state index contributed by atoms with van der Waals surface area (Å²) in [6.07, 6.45) is 12.5. The topological polar surface area (TPSA) is 184 Å². The van der Waals surface area contributed by atoms with Crippen LogP contribution in [-0.2, 0) is 32.2 Å². The number of carbonyl (C=O) groups is 3. The fraction of sp³-hybridized carbons (Fsp3) is 0.422. The summed E-state index contributed by atoms with van der Waals surface area (Å²) in [6, 6.07) is 13.8. The van der Waals surface area contributed by atoms with Gasteiger partial charge in [-0.2, -0.15) is 0 Å². The van der Waals surface area contributed by atoms with Gasteiger partial charge < -0.3 is 28.8 Å². The van der Waals surface area contributed by atoms with Gasteiger partial charge in [-0.1, -0.05) is 91.0 Å². The molecule has 2 aromatic carbocycles. The molecule has 64 heavy (non-hydrogen) atoms. The molecule has 0 radical (unpaired) electrons. The third-order valence-electron chi connectivity index (χ3n) is 13.4. The van der Waals surface area contributed by atoms with Crippen LogP contribution in [0.5, 0.6) is 0 Å². The van der Waals surface area contributed by atoms with Crippen LogP contribution >= 0.6 is 69.6 Å². The Morgan fingerprint density at radius 3 is 2.38 bits per heavy atom. The highest BCUT2D eigenvalue weighted by Crippen LogP contribution is 2.72. The number of aliphatic hydroxyl groups excluding tert-OH is 1. The molecular weight excluding hydrogens is 955 g/mol. The van der Waals surface area contributed by atoms with Crippen molar-refractivity contribution in [2.45, 2.75) is 82.3 Å². The van der Waals surface area contributed by atoms with Gasteiger partial charge in [0.1, 0.15) is 6.10 Å². The Balaban J connectivity index is 0.000000206. The molecule has 1 unspecified atom stereocenters. The number of carbonyl (C=O) groups excluding carboxylic acids is 3. The van der Waals surface area contributed by atoms with Crippen molar-refractivity contribution in [2.75, 3.05) is 5.88 Å². The standard InChI is InChI=1S/C27H30Cl2O6.C18H14Cl4N2O.HNO3/c1-15-11-19-18-7-6-16-12-17(30)8-9-24(16,2)26(18,29)21(31)13-25(19,3)27(15,22(32)14-28)35-23(33)20-5-4-10-34-20;19-13-2-1-12(16(21)7-13)10-25-18(9-24-6-5-23-11-24)15-4-3-14(20)8-17(15)22;2-1(3)4/h4-5,8-10,12,15,18-19,21,31H,6-7,11,13-14H2,1-3H3;1-8,11,18H,9-10H2;(H,2,3,4)/t15-,18+,19+,21+,24+,25+,26+,27+;;/m1../s1. The zero-order valence-corrected chi connectivity index (χ0v) is 39.3. The first kappa shape index (κ1) is 49.5. The predicted molar refractivity (Wildman–Crippen MR) is 242 cm³/mol. The molecule has 0 saturated heterocycles. The summed E-state index contributed by atoms with van der Waals surface area (Å²) in [4.78, 5) is 50.1. The molecule has 0 amide bonds. The molecule has 4 aromatic rings. The highest BCUT2D eigenvalue weighted by molar-refractivity contribution is 6.35. The van der Waals surface area contributed by atoms with Crippen LogP contribution in [-0.4, -0.2) is 64.9 Å². The largest absolute Gasteiger partial charge is 0.457 e. The Hall–Kier alpha value is -3.92. The number of alkyl halides is 2. The van der Waals surface area contributed by atoms with Crippen molar-refractivity contribution in [3.63, 3.8) is 0 Å². The van der Waals surface area contributed by atoms with Crippen molar-refractivity contribution >= 4 is 87.1 Å². The number of esters is 1. The molecule has 0 bridgehead atoms. The van der Waals surface area contributed by atoms with E-state index in [1.807, 2.05) is 49.7 Å². The quantitative estimate of drug-likeness (QED) is 0.0667. The zero-order valence-electron chi connectivity index (χ0n) is 34.8. The number of benzene rings is 2. The fourth-order valence-electron chi connectivity index (χ4n) is 10.5. The number of hydrogen-bond acceptors (Lipinski definition) is 10. The van der Waals surface area contributed by atoms with Crippen LogP contribution in [0.25, 0.3) is 0 Å². The van der Waals surface area contributed by atoms with E-state index >= 15 is 0 Å². The lowest BCUT2D eigenvalue weighted by atomic mass is 9.45. The van der Waals surface area contributed by atoms with Gasteiger partial charge in [-0.3, -0.25) is 9.59 Å². The number of ketones is 2. The number of allylic oxidation sites excluding steroid dienone is 4. The molecule has 2 heterocycles. The highest BCUT2D eigenvalue weighted by atomic mass is 35.5. The second-order valence-corrected chi connectivity index (χ2v) is 19.3. The lowest BCUT2D eigenvalue weighted by molar-refractivity contribution is -0.742. The molecule has 0 aliphatic heterocycles. The van der Waals surface area contributed by atoms with Crippen LogP contribution in [0.15, 0.2) is 102 Å². The predicted octanol–water partition coefficient (Wildman–Crippen LogP) is 11.0. The minimum atomic E-state index is -1.53. The molecule has 0 spiro atoms. The van der Waals surface area contributed by atoms with E-state index in [1.54, 1.807) is 48.9 Å². The average molecular weight is 1000 g/mol. The van der Waals surface area contributed by atoms with Crippen LogP contribution in [0.1, 0.15) is 74.2 Å². The summed E-state index contributed by atoms with van der Waals surface area (Å²) in [5.41, 5.74) is -0.497. The van der Waals surface area contributed by atoms with Crippen molar-refractivity contribution in [3.8, 4) is 0 Å². The van der Waals surface area contributed by atoms with Gasteiger partial charge in [0.25, 0.3) is 5.09 Å². The Morgan fingerprint density at radius 1 is 1.08 bits per heavy atom. The maximum atomic E-state index is 13.6. The van der Waals surface area contributed by atoms with Gasteiger partial charge in [-0.15, -0.1) is 33.3 Å². The van der Waals surface area contributed by atoms with E-state index in [9.17, 15) is 19.5 Å². The Bertz CT molecular complexity index is 2430. The number of hydrogen-bond donors (Lipinski definition) is 2. The van der Waals surface area contributed by atoms with Crippen LogP contribution < -0.4 is 0 Å². The highest BCUT2D eigenvalue weighted by Gasteiger charge is 2.76. The van der Waals surface area contributed by atoms with E-state index in [1.165, 1.54) is 18.4 Å². The maximum absolute atomic E-state index is 13.6. The molecule has 2 aromatic heterocycles. The first-order chi connectivity index (χ1) is 30.2. The lowest BCUT2D eigenvalue weighted by Gasteiger charge is -2.64. The number of ether oxygens (including phenoxy) is 2. The van der Waals surface area contributed by atoms with Gasteiger partial charge in [-0.05, 0) is 91.6 Å². The van der Waals surface area contributed by atoms with E-state index in [4.69, 9.17) is 98.8 Å². The Morgan fingerprint density at radius 2 is 1.77 bits per heavy atom. The fourth-order valence-corrected chi connectivity index (χ4v) is 12.2. The van der Waals surface area contributed by atoms with Gasteiger partial charge in [0.15, 0.2) is 17.2 Å². The molecule has 342 valence electrons. The Kier molecular flexibility index (Phi) is 15.4. The van der Waals surface area contributed by atoms with E-state index < -0.39 is 38.5 Å². The van der Waals surface area contributed by atoms with Crippen LogP contribution in [0.4, 0.5) is 0 Å². The van der Waals surface area contributed by atoms with Crippen molar-refractivity contribution in [1.82, 2.24) is 9.55 Å². The summed E-state index contributed by atoms with van der Waals surface area (Å²) in [6.45, 7) is 6.70. The van der Waals surface area contributed by atoms with E-state index in [0.29, 0.717) is 52.5 Å². The molecule has 13 nitrogen and oxygen atoms in total. The van der Waals surface area contributed by atoms with Crippen molar-refractivity contribution in [1.29, 1.82) is 0 Å². The van der Waals surface area contributed by atoms with E-state index in [0.717, 1.165) is 16.7 Å². The second kappa shape index (κ2) is 19.9. The number of aromatic nitrogens is 2. The van der Waals surface area contributed by atoms with Gasteiger partial charge in [0.05, 0.1) is 42.6 Å². The van der Waals surface area contributed by atoms with Gasteiger partial charge in [0, 0.05) is 54.8 Å². The number of nitrogens with zero attached hydrogens (tertiary/aromatic N) is 3. The summed E-state index contributed by atoms with van der Waals surface area (Å²) >= 11 is 38.1. The number of fused-ring (bicyclic) bond motifs is 5. The molecule has 8 rings (SSSR count). The molecule has 4 aliphatic rings. The Labute approximate surface area is 399 Å². The second-order valence-electron chi connectivity index (χ2n) is 16.8. The van der Waals surface area contributed by atoms with Gasteiger partial charge in [-0.25, -0.2) is 9.78 Å². The number of Topliss-reactive ketones (excluding diaryl/α,β-unsaturated/α-hetero) is 1. The first-order valence-corrected chi connectivity index (χ1v) is 22.6. The third-order valence-corrected chi connectivity index (χ3v) is 15.7. The molecule has 9 atom stereocenters. The monoisotopic (exact) mass is 997 g/mol. The third kappa shape index (κ3) is 9.37. The number of furan rings is 1. The number of rotatable bonds is 10. The van der Waals surface area contributed by atoms with Crippen LogP contribution in [0.2, 0.25) is 20.1 Å². The maximum Gasteiger partial charge on any atom is 0.375 e. The number of imidazole rings is 1. The van der Waals surface area contributed by atoms with Crippen LogP contribution in [0.3, 0.4) is 0 Å². The summed E-state index contributed by atoms with van der Waals surface area (Å²) in [7, 11) is 0. The van der Waals surface area contributed by atoms with Crippen molar-refractivity contribution in [3.05, 3.63) is 144 Å². The van der Waals surface area contributed by atoms with Gasteiger partial charge >= 0.3 is 5.97 Å². The zero-order chi connectivity index (χ0) is 46.8. The minimum Gasteiger partial charge on any atom is -0.457 e. The molecule has 19 heteroatoms. The summed E-state index contributed by atoms with van der Waals surface area (Å²) < 4.78 is 19.4. The molecule has 3 fully saturated rings. The molecule has 4 aliphatic carbocycles. The average Bonchev–Trinajstić information content (AvgIpc) is 4.01. The summed E-state index contributed by atoms with van der Waals surface area (Å²) in [5.74, 6) is -2.12. The first-order valence-electron chi connectivity index (χ1n) is 20.2. The van der Waals surface area contributed by atoms with Gasteiger partial charge in [0.2, 0.25) is 5.76 Å². The van der Waals surface area contributed by atoms with E-state index in [-0.39, 0.29) is 53.5 Å². The molecule has 2 N–H and O–H groups in total. The molecule has 3 saturated carbocycles.